The van der Waals surface area contributed by atoms with E-state index in [1.807, 2.05) is 13.8 Å². The lowest BCUT2D eigenvalue weighted by Gasteiger charge is -2.24. The molecule has 0 aliphatic heterocycles. The lowest BCUT2D eigenvalue weighted by atomic mass is 10.1. The summed E-state index contributed by atoms with van der Waals surface area (Å²) in [5.74, 6) is 0. The van der Waals surface area contributed by atoms with Gasteiger partial charge in [-0.2, -0.15) is 0 Å². The Morgan fingerprint density at radius 2 is 1.75 bits per heavy atom. The van der Waals surface area contributed by atoms with E-state index in [1.165, 1.54) is 16.8 Å². The maximum atomic E-state index is 5.89. The SMILES string of the molecule is Cc1ccc(CN(C)c2cc(C)nc(C)c2CN)cc1. The van der Waals surface area contributed by atoms with Gasteiger partial charge in [-0.1, -0.05) is 29.8 Å². The van der Waals surface area contributed by atoms with E-state index in [0.29, 0.717) is 6.54 Å². The van der Waals surface area contributed by atoms with Gasteiger partial charge in [0.05, 0.1) is 0 Å². The van der Waals surface area contributed by atoms with Crippen LogP contribution in [0.2, 0.25) is 0 Å². The van der Waals surface area contributed by atoms with Gasteiger partial charge in [-0.05, 0) is 32.4 Å². The zero-order valence-corrected chi connectivity index (χ0v) is 12.8. The van der Waals surface area contributed by atoms with Crippen molar-refractivity contribution in [3.05, 3.63) is 58.4 Å². The minimum Gasteiger partial charge on any atom is -0.370 e. The number of aromatic nitrogens is 1. The fourth-order valence-corrected chi connectivity index (χ4v) is 2.48. The lowest BCUT2D eigenvalue weighted by Crippen LogP contribution is -2.20. The third-order valence-corrected chi connectivity index (χ3v) is 3.59. The minimum absolute atomic E-state index is 0.521. The van der Waals surface area contributed by atoms with Crippen LogP contribution in [-0.2, 0) is 13.1 Å². The van der Waals surface area contributed by atoms with Crippen LogP contribution in [0.5, 0.6) is 0 Å². The van der Waals surface area contributed by atoms with Gasteiger partial charge in [0.25, 0.3) is 0 Å². The Morgan fingerprint density at radius 3 is 2.35 bits per heavy atom. The summed E-state index contributed by atoms with van der Waals surface area (Å²) in [6.07, 6.45) is 0. The second-order valence-corrected chi connectivity index (χ2v) is 5.39. The van der Waals surface area contributed by atoms with Gasteiger partial charge in [-0.3, -0.25) is 4.98 Å². The molecular formula is C17H23N3. The van der Waals surface area contributed by atoms with Crippen LogP contribution in [0.1, 0.15) is 28.1 Å². The minimum atomic E-state index is 0.521. The number of anilines is 1. The third kappa shape index (κ3) is 3.17. The first-order valence-corrected chi connectivity index (χ1v) is 6.95. The molecule has 0 aliphatic rings. The van der Waals surface area contributed by atoms with Crippen molar-refractivity contribution in [1.82, 2.24) is 4.98 Å². The number of nitrogens with two attached hydrogens (primary N) is 1. The van der Waals surface area contributed by atoms with Crippen molar-refractivity contribution in [2.75, 3.05) is 11.9 Å². The van der Waals surface area contributed by atoms with Gasteiger partial charge in [-0.15, -0.1) is 0 Å². The Labute approximate surface area is 121 Å². The topological polar surface area (TPSA) is 42.2 Å². The predicted octanol–water partition coefficient (Wildman–Crippen LogP) is 3.10. The van der Waals surface area contributed by atoms with Crippen LogP contribution in [0.15, 0.2) is 30.3 Å². The number of pyridine rings is 1. The summed E-state index contributed by atoms with van der Waals surface area (Å²) in [4.78, 5) is 6.74. The molecule has 0 radical (unpaired) electrons. The van der Waals surface area contributed by atoms with Gasteiger partial charge in [0.1, 0.15) is 0 Å². The summed E-state index contributed by atoms with van der Waals surface area (Å²) < 4.78 is 0. The molecule has 0 saturated carbocycles. The van der Waals surface area contributed by atoms with Crippen molar-refractivity contribution in [3.63, 3.8) is 0 Å². The first kappa shape index (κ1) is 14.5. The molecule has 0 amide bonds. The molecule has 0 unspecified atom stereocenters. The van der Waals surface area contributed by atoms with E-state index in [2.05, 4.69) is 54.2 Å². The van der Waals surface area contributed by atoms with Gasteiger partial charge >= 0.3 is 0 Å². The molecule has 2 aromatic rings. The molecule has 1 aromatic carbocycles. The first-order valence-electron chi connectivity index (χ1n) is 6.95. The van der Waals surface area contributed by atoms with Crippen molar-refractivity contribution >= 4 is 5.69 Å². The average Bonchev–Trinajstić information content (AvgIpc) is 2.40. The van der Waals surface area contributed by atoms with Gasteiger partial charge in [0.15, 0.2) is 0 Å². The van der Waals surface area contributed by atoms with Crippen LogP contribution in [-0.4, -0.2) is 12.0 Å². The average molecular weight is 269 g/mol. The summed E-state index contributed by atoms with van der Waals surface area (Å²) in [6, 6.07) is 10.8. The molecule has 20 heavy (non-hydrogen) atoms. The van der Waals surface area contributed by atoms with Crippen molar-refractivity contribution in [1.29, 1.82) is 0 Å². The van der Waals surface area contributed by atoms with E-state index < -0.39 is 0 Å². The Morgan fingerprint density at radius 1 is 1.10 bits per heavy atom. The second-order valence-electron chi connectivity index (χ2n) is 5.39. The van der Waals surface area contributed by atoms with Gasteiger partial charge < -0.3 is 10.6 Å². The van der Waals surface area contributed by atoms with Crippen molar-refractivity contribution < 1.29 is 0 Å². The van der Waals surface area contributed by atoms with E-state index >= 15 is 0 Å². The Balaban J connectivity index is 2.28. The molecule has 0 aliphatic carbocycles. The largest absolute Gasteiger partial charge is 0.370 e. The van der Waals surface area contributed by atoms with Crippen LogP contribution in [0.4, 0.5) is 5.69 Å². The molecule has 0 saturated heterocycles. The predicted molar refractivity (Wildman–Crippen MR) is 84.9 cm³/mol. The van der Waals surface area contributed by atoms with E-state index in [0.717, 1.165) is 23.5 Å². The summed E-state index contributed by atoms with van der Waals surface area (Å²) in [6.45, 7) is 7.55. The molecule has 0 bridgehead atoms. The van der Waals surface area contributed by atoms with Gasteiger partial charge in [0.2, 0.25) is 0 Å². The number of aryl methyl sites for hydroxylation is 3. The number of rotatable bonds is 4. The Bertz CT molecular complexity index is 588. The third-order valence-electron chi connectivity index (χ3n) is 3.59. The normalized spacial score (nSPS) is 10.7. The lowest BCUT2D eigenvalue weighted by molar-refractivity contribution is 0.884. The fourth-order valence-electron chi connectivity index (χ4n) is 2.48. The van der Waals surface area contributed by atoms with E-state index in [9.17, 15) is 0 Å². The summed E-state index contributed by atoms with van der Waals surface area (Å²) in [5.41, 5.74) is 12.8. The Hall–Kier alpha value is -1.87. The highest BCUT2D eigenvalue weighted by atomic mass is 15.1. The number of hydrogen-bond acceptors (Lipinski definition) is 3. The quantitative estimate of drug-likeness (QED) is 0.927. The van der Waals surface area contributed by atoms with E-state index in [1.54, 1.807) is 0 Å². The van der Waals surface area contributed by atoms with Crippen LogP contribution < -0.4 is 10.6 Å². The maximum Gasteiger partial charge on any atom is 0.0448 e. The summed E-state index contributed by atoms with van der Waals surface area (Å²) >= 11 is 0. The second kappa shape index (κ2) is 6.06. The molecule has 1 aromatic heterocycles. The van der Waals surface area contributed by atoms with Crippen molar-refractivity contribution in [2.24, 2.45) is 5.73 Å². The fraction of sp³-hybridized carbons (Fsp3) is 0.353. The molecular weight excluding hydrogens is 246 g/mol. The molecule has 2 rings (SSSR count). The molecule has 2 N–H and O–H groups in total. The van der Waals surface area contributed by atoms with Gasteiger partial charge in [-0.25, -0.2) is 0 Å². The zero-order chi connectivity index (χ0) is 14.7. The smallest absolute Gasteiger partial charge is 0.0448 e. The van der Waals surface area contributed by atoms with E-state index in [-0.39, 0.29) is 0 Å². The molecule has 0 spiro atoms. The highest BCUT2D eigenvalue weighted by Gasteiger charge is 2.11. The van der Waals surface area contributed by atoms with Gasteiger partial charge in [0, 0.05) is 42.8 Å². The monoisotopic (exact) mass is 269 g/mol. The van der Waals surface area contributed by atoms with E-state index in [4.69, 9.17) is 5.73 Å². The molecule has 1 heterocycles. The molecule has 106 valence electrons. The van der Waals surface area contributed by atoms with Crippen molar-refractivity contribution in [3.8, 4) is 0 Å². The van der Waals surface area contributed by atoms with Crippen LogP contribution in [0, 0.1) is 20.8 Å². The molecule has 0 fully saturated rings. The van der Waals surface area contributed by atoms with Crippen LogP contribution in [0.25, 0.3) is 0 Å². The number of nitrogens with zero attached hydrogens (tertiary/aromatic N) is 2. The first-order chi connectivity index (χ1) is 9.51. The van der Waals surface area contributed by atoms with Crippen molar-refractivity contribution in [2.45, 2.75) is 33.9 Å². The standard InChI is InChI=1S/C17H23N3/c1-12-5-7-15(8-6-12)11-20(4)17-9-13(2)19-14(3)16(17)10-18/h5-9H,10-11,18H2,1-4H3. The summed E-state index contributed by atoms with van der Waals surface area (Å²) in [5, 5.41) is 0. The summed E-state index contributed by atoms with van der Waals surface area (Å²) in [7, 11) is 2.10. The Kier molecular flexibility index (Phi) is 4.40. The molecule has 3 heteroatoms. The van der Waals surface area contributed by atoms with Crippen LogP contribution in [0.3, 0.4) is 0 Å². The highest BCUT2D eigenvalue weighted by Crippen LogP contribution is 2.24. The number of hydrogen-bond donors (Lipinski definition) is 1. The molecule has 3 nitrogen and oxygen atoms in total. The zero-order valence-electron chi connectivity index (χ0n) is 12.8. The molecule has 0 atom stereocenters. The van der Waals surface area contributed by atoms with Crippen LogP contribution >= 0.6 is 0 Å². The highest BCUT2D eigenvalue weighted by molar-refractivity contribution is 5.55. The maximum absolute atomic E-state index is 5.89. The number of benzene rings is 1.